The Bertz CT molecular complexity index is 670. The number of fused-ring (bicyclic) bond motifs is 1. The number of hydrogen-bond donors (Lipinski definition) is 2. The van der Waals surface area contributed by atoms with E-state index in [-0.39, 0.29) is 11.3 Å². The zero-order valence-electron chi connectivity index (χ0n) is 13.2. The first-order chi connectivity index (χ1) is 9.85. The molecule has 1 heterocycles. The molecule has 0 spiro atoms. The smallest absolute Gasteiger partial charge is 0.144 e. The maximum atomic E-state index is 8.80. The zero-order chi connectivity index (χ0) is 15.6. The first-order valence-corrected chi connectivity index (χ1v) is 7.25. The molecule has 1 aromatic carbocycles. The van der Waals surface area contributed by atoms with Gasteiger partial charge in [0.1, 0.15) is 5.84 Å². The van der Waals surface area contributed by atoms with Crippen molar-refractivity contribution < 1.29 is 5.21 Å². The van der Waals surface area contributed by atoms with Crippen molar-refractivity contribution in [2.24, 2.45) is 16.3 Å². The van der Waals surface area contributed by atoms with Gasteiger partial charge in [0.05, 0.1) is 17.4 Å². The fourth-order valence-electron chi connectivity index (χ4n) is 2.45. The second kappa shape index (κ2) is 5.76. The predicted octanol–water partition coefficient (Wildman–Crippen LogP) is 3.21. The summed E-state index contributed by atoms with van der Waals surface area (Å²) >= 11 is 0. The first kappa shape index (κ1) is 15.4. The van der Waals surface area contributed by atoms with E-state index in [2.05, 4.69) is 40.7 Å². The van der Waals surface area contributed by atoms with E-state index < -0.39 is 0 Å². The lowest BCUT2D eigenvalue weighted by Crippen LogP contribution is -2.32. The van der Waals surface area contributed by atoms with Crippen LogP contribution in [0.2, 0.25) is 0 Å². The van der Waals surface area contributed by atoms with Gasteiger partial charge < -0.3 is 15.5 Å². The Hall–Kier alpha value is -2.04. The van der Waals surface area contributed by atoms with E-state index in [4.69, 9.17) is 10.9 Å². The van der Waals surface area contributed by atoms with Gasteiger partial charge in [0, 0.05) is 12.0 Å². The Morgan fingerprint density at radius 3 is 2.67 bits per heavy atom. The van der Waals surface area contributed by atoms with Gasteiger partial charge in [0.2, 0.25) is 0 Å². The first-order valence-electron chi connectivity index (χ1n) is 7.25. The lowest BCUT2D eigenvalue weighted by Gasteiger charge is -2.22. The highest BCUT2D eigenvalue weighted by Gasteiger charge is 2.23. The number of nitrogens with two attached hydrogens (primary N) is 1. The Kier molecular flexibility index (Phi) is 4.21. The van der Waals surface area contributed by atoms with Gasteiger partial charge in [-0.1, -0.05) is 19.0 Å². The van der Waals surface area contributed by atoms with E-state index in [0.717, 1.165) is 24.9 Å². The molecule has 0 radical (unpaired) electrons. The van der Waals surface area contributed by atoms with Gasteiger partial charge >= 0.3 is 0 Å². The van der Waals surface area contributed by atoms with Crippen molar-refractivity contribution in [1.29, 1.82) is 0 Å². The molecule has 2 aromatic rings. The molecule has 1 aromatic heterocycles. The van der Waals surface area contributed by atoms with E-state index >= 15 is 0 Å². The van der Waals surface area contributed by atoms with Crippen molar-refractivity contribution in [3.8, 4) is 0 Å². The van der Waals surface area contributed by atoms with Crippen LogP contribution in [0.15, 0.2) is 23.6 Å². The van der Waals surface area contributed by atoms with Crippen LogP contribution in [0.25, 0.3) is 11.0 Å². The minimum atomic E-state index is -0.294. The van der Waals surface area contributed by atoms with Gasteiger partial charge in [0.25, 0.3) is 0 Å². The second-order valence-electron chi connectivity index (χ2n) is 6.34. The average Bonchev–Trinajstić information content (AvgIpc) is 2.80. The fourth-order valence-corrected chi connectivity index (χ4v) is 2.45. The summed E-state index contributed by atoms with van der Waals surface area (Å²) in [4.78, 5) is 4.46. The van der Waals surface area contributed by atoms with Crippen LogP contribution in [0.1, 0.15) is 37.8 Å². The topological polar surface area (TPSA) is 76.4 Å². The minimum Gasteiger partial charge on any atom is -0.409 e. The summed E-state index contributed by atoms with van der Waals surface area (Å²) in [6, 6.07) is 4.31. The van der Waals surface area contributed by atoms with Gasteiger partial charge in [-0.3, -0.25) is 0 Å². The molecule has 0 saturated heterocycles. The third kappa shape index (κ3) is 3.17. The molecule has 0 atom stereocenters. The van der Waals surface area contributed by atoms with Crippen molar-refractivity contribution in [2.75, 3.05) is 0 Å². The quantitative estimate of drug-likeness (QED) is 0.384. The number of amidine groups is 1. The van der Waals surface area contributed by atoms with Crippen molar-refractivity contribution in [1.82, 2.24) is 9.55 Å². The van der Waals surface area contributed by atoms with Gasteiger partial charge in [-0.05, 0) is 49.9 Å². The van der Waals surface area contributed by atoms with Crippen LogP contribution in [0.4, 0.5) is 0 Å². The van der Waals surface area contributed by atoms with E-state index in [1.54, 1.807) is 0 Å². The number of hydrogen-bond acceptors (Lipinski definition) is 3. The molecule has 0 amide bonds. The van der Waals surface area contributed by atoms with Gasteiger partial charge in [-0.2, -0.15) is 0 Å². The highest BCUT2D eigenvalue weighted by molar-refractivity contribution is 5.85. The van der Waals surface area contributed by atoms with E-state index in [0.29, 0.717) is 0 Å². The number of benzene rings is 1. The molecule has 0 aliphatic rings. The number of aryl methyl sites for hydroxylation is 3. The van der Waals surface area contributed by atoms with Crippen molar-refractivity contribution in [3.63, 3.8) is 0 Å². The number of rotatable bonds is 5. The molecule has 0 fully saturated rings. The predicted molar refractivity (Wildman–Crippen MR) is 85.6 cm³/mol. The molecule has 5 heteroatoms. The Labute approximate surface area is 125 Å². The van der Waals surface area contributed by atoms with E-state index in [1.807, 2.05) is 20.2 Å². The summed E-state index contributed by atoms with van der Waals surface area (Å²) in [5.41, 5.74) is 10.2. The van der Waals surface area contributed by atoms with Crippen LogP contribution in [0.5, 0.6) is 0 Å². The third-order valence-corrected chi connectivity index (χ3v) is 4.24. The number of nitrogens with zero attached hydrogens (tertiary/aromatic N) is 3. The highest BCUT2D eigenvalue weighted by atomic mass is 16.4. The standard InChI is InChI=1S/C16H24N4O/c1-11-8-13-14(9-12(11)2)20(10-18-13)7-5-6-16(3,4)15(17)19-21/h8-10,21H,5-7H2,1-4H3,(H2,17,19). The molecule has 114 valence electrons. The molecule has 0 aliphatic heterocycles. The second-order valence-corrected chi connectivity index (χ2v) is 6.34. The summed E-state index contributed by atoms with van der Waals surface area (Å²) < 4.78 is 2.17. The van der Waals surface area contributed by atoms with Crippen molar-refractivity contribution in [3.05, 3.63) is 29.6 Å². The zero-order valence-corrected chi connectivity index (χ0v) is 13.2. The minimum absolute atomic E-state index is 0.282. The highest BCUT2D eigenvalue weighted by Crippen LogP contribution is 2.24. The molecule has 2 rings (SSSR count). The molecular formula is C16H24N4O. The Morgan fingerprint density at radius 2 is 2.00 bits per heavy atom. The lowest BCUT2D eigenvalue weighted by molar-refractivity contribution is 0.304. The maximum absolute atomic E-state index is 8.80. The summed E-state index contributed by atoms with van der Waals surface area (Å²) in [6.45, 7) is 9.07. The number of oxime groups is 1. The molecule has 0 unspecified atom stereocenters. The summed E-state index contributed by atoms with van der Waals surface area (Å²) in [7, 11) is 0. The Morgan fingerprint density at radius 1 is 1.33 bits per heavy atom. The van der Waals surface area contributed by atoms with E-state index in [1.165, 1.54) is 16.6 Å². The van der Waals surface area contributed by atoms with Gasteiger partial charge in [-0.15, -0.1) is 0 Å². The normalized spacial score (nSPS) is 13.0. The van der Waals surface area contributed by atoms with Crippen LogP contribution >= 0.6 is 0 Å². The molecule has 21 heavy (non-hydrogen) atoms. The van der Waals surface area contributed by atoms with Crippen LogP contribution in [-0.4, -0.2) is 20.6 Å². The number of imidazole rings is 1. The lowest BCUT2D eigenvalue weighted by atomic mass is 9.86. The van der Waals surface area contributed by atoms with Crippen molar-refractivity contribution >= 4 is 16.9 Å². The van der Waals surface area contributed by atoms with Crippen LogP contribution < -0.4 is 5.73 Å². The van der Waals surface area contributed by atoms with Gasteiger partial charge in [-0.25, -0.2) is 4.98 Å². The summed E-state index contributed by atoms with van der Waals surface area (Å²) in [5, 5.41) is 11.9. The Balaban J connectivity index is 2.10. The molecule has 5 nitrogen and oxygen atoms in total. The molecule has 3 N–H and O–H groups in total. The SMILES string of the molecule is Cc1cc2ncn(CCCC(C)(C)C(N)=NO)c2cc1C. The average molecular weight is 288 g/mol. The monoisotopic (exact) mass is 288 g/mol. The largest absolute Gasteiger partial charge is 0.409 e. The van der Waals surface area contributed by atoms with Gasteiger partial charge in [0.15, 0.2) is 0 Å². The summed E-state index contributed by atoms with van der Waals surface area (Å²) in [6.07, 6.45) is 3.69. The van der Waals surface area contributed by atoms with Crippen molar-refractivity contribution in [2.45, 2.75) is 47.1 Å². The molecule has 0 aliphatic carbocycles. The van der Waals surface area contributed by atoms with E-state index in [9.17, 15) is 0 Å². The maximum Gasteiger partial charge on any atom is 0.144 e. The molecule has 0 saturated carbocycles. The van der Waals surface area contributed by atoms with Crippen LogP contribution in [-0.2, 0) is 6.54 Å². The van der Waals surface area contributed by atoms with Crippen LogP contribution in [0, 0.1) is 19.3 Å². The summed E-state index contributed by atoms with van der Waals surface area (Å²) in [5.74, 6) is 0.282. The molecular weight excluding hydrogens is 264 g/mol. The molecule has 0 bridgehead atoms. The third-order valence-electron chi connectivity index (χ3n) is 4.24. The van der Waals surface area contributed by atoms with Crippen LogP contribution in [0.3, 0.4) is 0 Å². The fraction of sp³-hybridized carbons (Fsp3) is 0.500. The number of aromatic nitrogens is 2.